The minimum absolute atomic E-state index is 0.249. The number of carbonyl (C=O) groups excluding carboxylic acids is 2. The van der Waals surface area contributed by atoms with Crippen molar-refractivity contribution in [3.05, 3.63) is 0 Å². The van der Waals surface area contributed by atoms with Crippen molar-refractivity contribution in [2.24, 2.45) is 0 Å². The predicted octanol–water partition coefficient (Wildman–Crippen LogP) is 1.18. The largest absolute Gasteiger partial charge is 0.463 e. The molecule has 0 saturated heterocycles. The highest BCUT2D eigenvalue weighted by Crippen LogP contribution is 2.33. The number of ether oxygens (including phenoxy) is 2. The molecule has 106 valence electrons. The van der Waals surface area contributed by atoms with E-state index in [4.69, 9.17) is 0 Å². The van der Waals surface area contributed by atoms with E-state index in [1.807, 2.05) is 0 Å². The molecule has 0 aliphatic carbocycles. The standard InChI is InChI=1S/C10H15F3O5/c1-4-5-17-7(14)9(16,10(11,12)13)8(15)18-6(2)3/h6,16H,4-5H2,1-3H3. The zero-order valence-electron chi connectivity index (χ0n) is 10.2. The first kappa shape index (κ1) is 16.7. The average molecular weight is 272 g/mol. The Morgan fingerprint density at radius 2 is 1.72 bits per heavy atom. The SMILES string of the molecule is CCCOC(=O)C(O)(C(=O)OC(C)C)C(F)(F)F. The van der Waals surface area contributed by atoms with Gasteiger partial charge >= 0.3 is 23.7 Å². The van der Waals surface area contributed by atoms with Gasteiger partial charge in [-0.1, -0.05) is 6.92 Å². The summed E-state index contributed by atoms with van der Waals surface area (Å²) in [5, 5.41) is 9.29. The molecule has 0 aromatic rings. The first-order chi connectivity index (χ1) is 8.07. The molecule has 0 saturated carbocycles. The van der Waals surface area contributed by atoms with Crippen LogP contribution in [0.15, 0.2) is 0 Å². The first-order valence-corrected chi connectivity index (χ1v) is 5.24. The molecule has 0 aliphatic rings. The van der Waals surface area contributed by atoms with Gasteiger partial charge in [-0.15, -0.1) is 0 Å². The maximum absolute atomic E-state index is 12.6. The molecule has 0 aromatic carbocycles. The van der Waals surface area contributed by atoms with Gasteiger partial charge in [0.1, 0.15) is 0 Å². The van der Waals surface area contributed by atoms with E-state index in [9.17, 15) is 27.9 Å². The predicted molar refractivity (Wildman–Crippen MR) is 53.5 cm³/mol. The molecule has 0 rings (SSSR count). The molecule has 1 N–H and O–H groups in total. The molecular formula is C10H15F3O5. The van der Waals surface area contributed by atoms with Crippen LogP contribution in [0.4, 0.5) is 13.2 Å². The molecule has 8 heteroatoms. The van der Waals surface area contributed by atoms with E-state index >= 15 is 0 Å². The highest BCUT2D eigenvalue weighted by Gasteiger charge is 2.68. The number of alkyl halides is 3. The van der Waals surface area contributed by atoms with Crippen molar-refractivity contribution >= 4 is 11.9 Å². The molecular weight excluding hydrogens is 257 g/mol. The third-order valence-electron chi connectivity index (χ3n) is 1.78. The number of hydrogen-bond acceptors (Lipinski definition) is 5. The van der Waals surface area contributed by atoms with Crippen LogP contribution in [0.5, 0.6) is 0 Å². The molecule has 18 heavy (non-hydrogen) atoms. The molecule has 0 aromatic heterocycles. The maximum Gasteiger partial charge on any atom is 0.439 e. The van der Waals surface area contributed by atoms with Gasteiger partial charge in [-0.25, -0.2) is 9.59 Å². The quantitative estimate of drug-likeness (QED) is 0.601. The van der Waals surface area contributed by atoms with Gasteiger partial charge in [0.25, 0.3) is 0 Å². The molecule has 0 spiro atoms. The molecule has 1 unspecified atom stereocenters. The van der Waals surface area contributed by atoms with Crippen molar-refractivity contribution < 1.29 is 37.3 Å². The summed E-state index contributed by atoms with van der Waals surface area (Å²) in [6, 6.07) is 0. The van der Waals surface area contributed by atoms with Gasteiger partial charge in [0.05, 0.1) is 12.7 Å². The number of halogens is 3. The average Bonchev–Trinajstić information content (AvgIpc) is 2.21. The Morgan fingerprint density at radius 3 is 2.06 bits per heavy atom. The van der Waals surface area contributed by atoms with Crippen molar-refractivity contribution in [2.75, 3.05) is 6.61 Å². The number of hydrogen-bond donors (Lipinski definition) is 1. The summed E-state index contributed by atoms with van der Waals surface area (Å²) >= 11 is 0. The van der Waals surface area contributed by atoms with Crippen LogP contribution in [0.2, 0.25) is 0 Å². The Balaban J connectivity index is 5.19. The second kappa shape index (κ2) is 6.03. The lowest BCUT2D eigenvalue weighted by atomic mass is 10.0. The molecule has 0 fully saturated rings. The van der Waals surface area contributed by atoms with Gasteiger partial charge < -0.3 is 14.6 Å². The fourth-order valence-electron chi connectivity index (χ4n) is 0.913. The van der Waals surface area contributed by atoms with Crippen LogP contribution in [-0.2, 0) is 19.1 Å². The van der Waals surface area contributed by atoms with Crippen molar-refractivity contribution in [3.8, 4) is 0 Å². The Bertz CT molecular complexity index is 313. The Kier molecular flexibility index (Phi) is 5.59. The minimum Gasteiger partial charge on any atom is -0.463 e. The molecule has 1 atom stereocenters. The molecule has 0 amide bonds. The third kappa shape index (κ3) is 3.59. The number of carbonyl (C=O) groups is 2. The van der Waals surface area contributed by atoms with Gasteiger partial charge in [-0.05, 0) is 20.3 Å². The molecule has 0 bridgehead atoms. The first-order valence-electron chi connectivity index (χ1n) is 5.24. The van der Waals surface area contributed by atoms with Crippen LogP contribution in [0.25, 0.3) is 0 Å². The van der Waals surface area contributed by atoms with Crippen molar-refractivity contribution in [1.29, 1.82) is 0 Å². The fraction of sp³-hybridized carbons (Fsp3) is 0.800. The van der Waals surface area contributed by atoms with E-state index in [0.29, 0.717) is 0 Å². The monoisotopic (exact) mass is 272 g/mol. The Morgan fingerprint density at radius 1 is 1.22 bits per heavy atom. The smallest absolute Gasteiger partial charge is 0.439 e. The Hall–Kier alpha value is -1.31. The number of rotatable bonds is 5. The van der Waals surface area contributed by atoms with E-state index in [1.54, 1.807) is 6.92 Å². The van der Waals surface area contributed by atoms with Crippen LogP contribution in [0.3, 0.4) is 0 Å². The van der Waals surface area contributed by atoms with E-state index < -0.39 is 29.8 Å². The third-order valence-corrected chi connectivity index (χ3v) is 1.78. The van der Waals surface area contributed by atoms with Crippen molar-refractivity contribution in [1.82, 2.24) is 0 Å². The Labute approximate surface area is 102 Å². The summed E-state index contributed by atoms with van der Waals surface area (Å²) in [5.41, 5.74) is -4.29. The van der Waals surface area contributed by atoms with Crippen LogP contribution >= 0.6 is 0 Å². The summed E-state index contributed by atoms with van der Waals surface area (Å²) in [6.45, 7) is 3.77. The fourth-order valence-corrected chi connectivity index (χ4v) is 0.913. The highest BCUT2D eigenvalue weighted by molar-refractivity contribution is 6.04. The summed E-state index contributed by atoms with van der Waals surface area (Å²) in [5.74, 6) is -4.17. The lowest BCUT2D eigenvalue weighted by Gasteiger charge is -2.26. The molecule has 0 heterocycles. The topological polar surface area (TPSA) is 72.8 Å². The van der Waals surface area contributed by atoms with Crippen LogP contribution in [-0.4, -0.2) is 41.5 Å². The van der Waals surface area contributed by atoms with E-state index in [2.05, 4.69) is 9.47 Å². The van der Waals surface area contributed by atoms with Crippen LogP contribution in [0.1, 0.15) is 27.2 Å². The van der Waals surface area contributed by atoms with E-state index in [-0.39, 0.29) is 13.0 Å². The van der Waals surface area contributed by atoms with Crippen LogP contribution < -0.4 is 0 Å². The second-order valence-corrected chi connectivity index (χ2v) is 3.80. The zero-order valence-corrected chi connectivity index (χ0v) is 10.2. The normalized spacial score (nSPS) is 15.1. The highest BCUT2D eigenvalue weighted by atomic mass is 19.4. The van der Waals surface area contributed by atoms with Gasteiger partial charge in [0.2, 0.25) is 0 Å². The van der Waals surface area contributed by atoms with Gasteiger partial charge in [-0.2, -0.15) is 13.2 Å². The lowest BCUT2D eigenvalue weighted by molar-refractivity contribution is -0.265. The second-order valence-electron chi connectivity index (χ2n) is 3.80. The zero-order chi connectivity index (χ0) is 14.6. The molecule has 0 aliphatic heterocycles. The van der Waals surface area contributed by atoms with Gasteiger partial charge in [-0.3, -0.25) is 0 Å². The van der Waals surface area contributed by atoms with Crippen molar-refractivity contribution in [3.63, 3.8) is 0 Å². The number of esters is 2. The maximum atomic E-state index is 12.6. The van der Waals surface area contributed by atoms with Gasteiger partial charge in [0.15, 0.2) is 0 Å². The summed E-state index contributed by atoms with van der Waals surface area (Å²) in [4.78, 5) is 22.4. The molecule has 5 nitrogen and oxygen atoms in total. The summed E-state index contributed by atoms with van der Waals surface area (Å²) < 4.78 is 46.3. The number of aliphatic hydroxyl groups is 1. The lowest BCUT2D eigenvalue weighted by Crippen LogP contribution is -2.60. The van der Waals surface area contributed by atoms with E-state index in [0.717, 1.165) is 0 Å². The van der Waals surface area contributed by atoms with Crippen molar-refractivity contribution in [2.45, 2.75) is 45.1 Å². The summed E-state index contributed by atoms with van der Waals surface area (Å²) in [7, 11) is 0. The van der Waals surface area contributed by atoms with Gasteiger partial charge in [0, 0.05) is 0 Å². The van der Waals surface area contributed by atoms with Crippen LogP contribution in [0, 0.1) is 0 Å². The van der Waals surface area contributed by atoms with E-state index in [1.165, 1.54) is 13.8 Å². The molecule has 0 radical (unpaired) electrons. The minimum atomic E-state index is -5.51. The summed E-state index contributed by atoms with van der Waals surface area (Å²) in [6.07, 6.45) is -6.17.